The van der Waals surface area contributed by atoms with Crippen molar-refractivity contribution in [1.82, 2.24) is 4.98 Å². The maximum absolute atomic E-state index is 10.5. The van der Waals surface area contributed by atoms with Crippen LogP contribution in [-0.2, 0) is 6.42 Å². The van der Waals surface area contributed by atoms with Gasteiger partial charge in [-0.05, 0) is 6.07 Å². The Morgan fingerprint density at radius 1 is 1.58 bits per heavy atom. The molecule has 60 valence electrons. The largest absolute Gasteiger partial charge is 0.478 e. The van der Waals surface area contributed by atoms with Gasteiger partial charge in [-0.3, -0.25) is 0 Å². The van der Waals surface area contributed by atoms with E-state index in [1.54, 1.807) is 12.3 Å². The van der Waals surface area contributed by atoms with Crippen LogP contribution in [-0.4, -0.2) is 22.3 Å². The number of rotatable bonds is 1. The molecule has 1 aromatic rings. The van der Waals surface area contributed by atoms with Crippen molar-refractivity contribution in [2.45, 2.75) is 6.42 Å². The number of carboxylic acids is 1. The highest BCUT2D eigenvalue weighted by molar-refractivity contribution is 5.88. The number of hydrogen-bond acceptors (Lipinski definition) is 3. The van der Waals surface area contributed by atoms with Gasteiger partial charge < -0.3 is 5.11 Å². The molecule has 4 nitrogen and oxygen atoms in total. The van der Waals surface area contributed by atoms with Crippen molar-refractivity contribution in [2.24, 2.45) is 4.99 Å². The Labute approximate surface area is 68.6 Å². The van der Waals surface area contributed by atoms with Crippen LogP contribution in [0.4, 0.5) is 5.82 Å². The smallest absolute Gasteiger partial charge is 0.337 e. The summed E-state index contributed by atoms with van der Waals surface area (Å²) in [5.74, 6) is -0.308. The van der Waals surface area contributed by atoms with Crippen molar-refractivity contribution in [3.63, 3.8) is 0 Å². The summed E-state index contributed by atoms with van der Waals surface area (Å²) in [6.07, 6.45) is 3.73. The average molecular weight is 162 g/mol. The fourth-order valence-electron chi connectivity index (χ4n) is 1.12. The van der Waals surface area contributed by atoms with Gasteiger partial charge in [0.1, 0.15) is 0 Å². The molecule has 1 aliphatic heterocycles. The van der Waals surface area contributed by atoms with Crippen LogP contribution >= 0.6 is 0 Å². The number of carbonyl (C=O) groups is 1. The summed E-state index contributed by atoms with van der Waals surface area (Å²) in [6, 6.07) is 1.61. The van der Waals surface area contributed by atoms with Crippen molar-refractivity contribution in [3.8, 4) is 0 Å². The molecule has 0 saturated heterocycles. The van der Waals surface area contributed by atoms with Gasteiger partial charge in [-0.2, -0.15) is 0 Å². The van der Waals surface area contributed by atoms with Crippen LogP contribution in [0.25, 0.3) is 0 Å². The summed E-state index contributed by atoms with van der Waals surface area (Å²) >= 11 is 0. The third-order valence-corrected chi connectivity index (χ3v) is 1.71. The van der Waals surface area contributed by atoms with Crippen molar-refractivity contribution in [1.29, 1.82) is 0 Å². The molecule has 2 rings (SSSR count). The molecule has 0 bridgehead atoms. The van der Waals surface area contributed by atoms with Gasteiger partial charge in [0, 0.05) is 24.4 Å². The SMILES string of the molecule is O=C(O)c1cnc2c(c1)CC=N2. The molecule has 0 fully saturated rings. The molecule has 0 radical (unpaired) electrons. The Hall–Kier alpha value is -1.71. The van der Waals surface area contributed by atoms with Gasteiger partial charge in [-0.1, -0.05) is 0 Å². The summed E-state index contributed by atoms with van der Waals surface area (Å²) in [6.45, 7) is 0. The number of nitrogens with zero attached hydrogens (tertiary/aromatic N) is 2. The highest BCUT2D eigenvalue weighted by atomic mass is 16.4. The van der Waals surface area contributed by atoms with Crippen molar-refractivity contribution in [3.05, 3.63) is 23.4 Å². The molecule has 2 heterocycles. The minimum absolute atomic E-state index is 0.222. The van der Waals surface area contributed by atoms with E-state index in [1.165, 1.54) is 6.20 Å². The Balaban J connectivity index is 2.49. The number of aromatic carboxylic acids is 1. The molecule has 0 aromatic carbocycles. The first-order valence-corrected chi connectivity index (χ1v) is 3.52. The van der Waals surface area contributed by atoms with Crippen molar-refractivity contribution >= 4 is 18.0 Å². The van der Waals surface area contributed by atoms with Gasteiger partial charge >= 0.3 is 5.97 Å². The molecule has 1 aliphatic rings. The van der Waals surface area contributed by atoms with Crippen LogP contribution in [0, 0.1) is 0 Å². The quantitative estimate of drug-likeness (QED) is 0.671. The fraction of sp³-hybridized carbons (Fsp3) is 0.125. The average Bonchev–Trinajstić information content (AvgIpc) is 2.49. The van der Waals surface area contributed by atoms with Crippen molar-refractivity contribution in [2.75, 3.05) is 0 Å². The van der Waals surface area contributed by atoms with Crippen LogP contribution < -0.4 is 0 Å². The van der Waals surface area contributed by atoms with E-state index in [0.717, 1.165) is 5.56 Å². The first-order valence-electron chi connectivity index (χ1n) is 3.52. The highest BCUT2D eigenvalue weighted by Gasteiger charge is 2.11. The normalized spacial score (nSPS) is 13.0. The second-order valence-electron chi connectivity index (χ2n) is 2.53. The second-order valence-corrected chi connectivity index (χ2v) is 2.53. The first-order chi connectivity index (χ1) is 5.77. The Kier molecular flexibility index (Phi) is 1.40. The van der Waals surface area contributed by atoms with Gasteiger partial charge in [0.05, 0.1) is 5.56 Å². The predicted octanol–water partition coefficient (Wildman–Crippen LogP) is 1.04. The number of hydrogen-bond donors (Lipinski definition) is 1. The topological polar surface area (TPSA) is 62.5 Å². The van der Waals surface area contributed by atoms with E-state index < -0.39 is 5.97 Å². The molecule has 0 amide bonds. The molecule has 1 N–H and O–H groups in total. The van der Waals surface area contributed by atoms with Gasteiger partial charge in [0.25, 0.3) is 0 Å². The van der Waals surface area contributed by atoms with Crippen LogP contribution in [0.2, 0.25) is 0 Å². The zero-order valence-electron chi connectivity index (χ0n) is 6.19. The second kappa shape index (κ2) is 2.41. The van der Waals surface area contributed by atoms with E-state index in [-0.39, 0.29) is 5.56 Å². The van der Waals surface area contributed by atoms with E-state index in [0.29, 0.717) is 12.2 Å². The highest BCUT2D eigenvalue weighted by Crippen LogP contribution is 2.21. The summed E-state index contributed by atoms with van der Waals surface area (Å²) in [5.41, 5.74) is 1.11. The van der Waals surface area contributed by atoms with Gasteiger partial charge in [0.2, 0.25) is 0 Å². The fourth-order valence-corrected chi connectivity index (χ4v) is 1.12. The van der Waals surface area contributed by atoms with Crippen LogP contribution in [0.1, 0.15) is 15.9 Å². The maximum Gasteiger partial charge on any atom is 0.337 e. The van der Waals surface area contributed by atoms with E-state index in [2.05, 4.69) is 9.98 Å². The Bertz CT molecular complexity index is 371. The van der Waals surface area contributed by atoms with Crippen LogP contribution in [0.5, 0.6) is 0 Å². The number of aromatic nitrogens is 1. The lowest BCUT2D eigenvalue weighted by molar-refractivity contribution is 0.0696. The van der Waals surface area contributed by atoms with E-state index >= 15 is 0 Å². The van der Waals surface area contributed by atoms with Gasteiger partial charge in [0.15, 0.2) is 5.82 Å². The first kappa shape index (κ1) is 6.97. The number of carboxylic acid groups (broad SMARTS) is 1. The van der Waals surface area contributed by atoms with Gasteiger partial charge in [-0.15, -0.1) is 0 Å². The molecule has 0 spiro atoms. The number of fused-ring (bicyclic) bond motifs is 1. The summed E-state index contributed by atoms with van der Waals surface area (Å²) in [4.78, 5) is 18.4. The third kappa shape index (κ3) is 0.972. The summed E-state index contributed by atoms with van der Waals surface area (Å²) in [5, 5.41) is 8.64. The molecular formula is C8H6N2O2. The molecule has 1 aromatic heterocycles. The third-order valence-electron chi connectivity index (χ3n) is 1.71. The molecule has 4 heteroatoms. The van der Waals surface area contributed by atoms with Crippen LogP contribution in [0.15, 0.2) is 17.3 Å². The maximum atomic E-state index is 10.5. The lowest BCUT2D eigenvalue weighted by Crippen LogP contribution is -1.97. The lowest BCUT2D eigenvalue weighted by atomic mass is 10.2. The summed E-state index contributed by atoms with van der Waals surface area (Å²) in [7, 11) is 0. The summed E-state index contributed by atoms with van der Waals surface area (Å²) < 4.78 is 0. The van der Waals surface area contributed by atoms with E-state index in [4.69, 9.17) is 5.11 Å². The van der Waals surface area contributed by atoms with E-state index in [1.807, 2.05) is 0 Å². The molecule has 0 unspecified atom stereocenters. The Morgan fingerprint density at radius 2 is 2.42 bits per heavy atom. The zero-order chi connectivity index (χ0) is 8.55. The molecule has 0 aliphatic carbocycles. The minimum atomic E-state index is -0.947. The monoisotopic (exact) mass is 162 g/mol. The zero-order valence-corrected chi connectivity index (χ0v) is 6.19. The van der Waals surface area contributed by atoms with Crippen molar-refractivity contribution < 1.29 is 9.90 Å². The van der Waals surface area contributed by atoms with Gasteiger partial charge in [-0.25, -0.2) is 14.8 Å². The van der Waals surface area contributed by atoms with E-state index in [9.17, 15) is 4.79 Å². The standard InChI is InChI=1S/C8H6N2O2/c11-8(12)6-3-5-1-2-9-7(5)10-4-6/h2-4H,1H2,(H,11,12). The molecule has 12 heavy (non-hydrogen) atoms. The number of pyridine rings is 1. The molecule has 0 atom stereocenters. The molecule has 0 saturated carbocycles. The van der Waals surface area contributed by atoms with Crippen LogP contribution in [0.3, 0.4) is 0 Å². The Morgan fingerprint density at radius 3 is 3.17 bits per heavy atom. The number of aliphatic imine (C=N–C) groups is 1. The predicted molar refractivity (Wildman–Crippen MR) is 43.1 cm³/mol. The molecular weight excluding hydrogens is 156 g/mol. The lowest BCUT2D eigenvalue weighted by Gasteiger charge is -1.97. The minimum Gasteiger partial charge on any atom is -0.478 e.